The van der Waals surface area contributed by atoms with Crippen LogP contribution >= 0.6 is 0 Å². The average molecular weight is 330 g/mol. The molecule has 2 amide bonds. The number of carbonyl (C=O) groups excluding carboxylic acids is 2. The molecule has 0 fully saturated rings. The molecular weight excluding hydrogens is 300 g/mol. The van der Waals surface area contributed by atoms with Crippen LogP contribution in [0, 0.1) is 0 Å². The predicted octanol–water partition coefficient (Wildman–Crippen LogP) is 2.13. The second kappa shape index (κ2) is 9.22. The van der Waals surface area contributed by atoms with E-state index in [9.17, 15) is 9.59 Å². The zero-order valence-corrected chi connectivity index (χ0v) is 15.0. The van der Waals surface area contributed by atoms with Crippen LogP contribution in [0.5, 0.6) is 0 Å². The van der Waals surface area contributed by atoms with Crippen molar-refractivity contribution in [1.29, 1.82) is 0 Å². The van der Waals surface area contributed by atoms with Crippen LogP contribution in [0.25, 0.3) is 0 Å². The number of rotatable bonds is 5. The Morgan fingerprint density at radius 3 is 2.00 bits per heavy atom. The normalized spacial score (nSPS) is 12.5. The molecule has 0 atom stereocenters. The van der Waals surface area contributed by atoms with E-state index in [1.165, 1.54) is 0 Å². The van der Waals surface area contributed by atoms with Crippen LogP contribution in [0.2, 0.25) is 0 Å². The van der Waals surface area contributed by atoms with Gasteiger partial charge in [0.05, 0.1) is 0 Å². The van der Waals surface area contributed by atoms with Gasteiger partial charge in [-0.2, -0.15) is 0 Å². The number of unbranched alkanes of at least 4 members (excludes halogenated alkanes) is 1. The Labute approximate surface area is 138 Å². The van der Waals surface area contributed by atoms with Gasteiger partial charge in [-0.05, 0) is 54.4 Å². The minimum atomic E-state index is -0.634. The van der Waals surface area contributed by atoms with Gasteiger partial charge in [0.2, 0.25) is 0 Å². The van der Waals surface area contributed by atoms with E-state index in [1.807, 2.05) is 20.8 Å². The highest BCUT2D eigenvalue weighted by atomic mass is 16.6. The van der Waals surface area contributed by atoms with Gasteiger partial charge in [-0.25, -0.2) is 9.59 Å². The summed E-state index contributed by atoms with van der Waals surface area (Å²) in [7, 11) is 0. The second-order valence-corrected chi connectivity index (χ2v) is 7.03. The molecule has 0 unspecified atom stereocenters. The number of hydrogen-bond donors (Lipinski definition) is 3. The van der Waals surface area contributed by atoms with Crippen molar-refractivity contribution >= 4 is 18.1 Å². The van der Waals surface area contributed by atoms with Crippen molar-refractivity contribution in [2.24, 2.45) is 10.7 Å². The molecule has 0 heterocycles. The first-order valence-electron chi connectivity index (χ1n) is 7.66. The van der Waals surface area contributed by atoms with E-state index < -0.39 is 23.4 Å². The Kier molecular flexibility index (Phi) is 8.42. The van der Waals surface area contributed by atoms with Gasteiger partial charge in [0.25, 0.3) is 0 Å². The van der Waals surface area contributed by atoms with Crippen molar-refractivity contribution in [1.82, 2.24) is 10.6 Å². The van der Waals surface area contributed by atoms with Gasteiger partial charge in [0.15, 0.2) is 5.96 Å². The Morgan fingerprint density at radius 2 is 1.48 bits per heavy atom. The maximum Gasteiger partial charge on any atom is 0.414 e. The summed E-state index contributed by atoms with van der Waals surface area (Å²) in [6.07, 6.45) is 0.368. The molecule has 0 aliphatic heterocycles. The zero-order valence-electron chi connectivity index (χ0n) is 15.0. The molecule has 0 aromatic heterocycles. The molecule has 0 radical (unpaired) electrons. The Hall–Kier alpha value is -1.99. The van der Waals surface area contributed by atoms with Crippen molar-refractivity contribution < 1.29 is 19.1 Å². The standard InChI is InChI=1S/C15H30N4O4/c1-14(2,3)22-12(20)18-10-8-7-9-17-11(16)19-13(21)23-15(4,5)6/h7-10H2,1-6H3,(H,18,20)(H3,16,17,19,21). The Morgan fingerprint density at radius 1 is 0.957 bits per heavy atom. The van der Waals surface area contributed by atoms with Crippen LogP contribution in [0.3, 0.4) is 0 Å². The minimum Gasteiger partial charge on any atom is -0.444 e. The summed E-state index contributed by atoms with van der Waals surface area (Å²) in [4.78, 5) is 26.8. The minimum absolute atomic E-state index is 0.0133. The number of nitrogens with two attached hydrogens (primary N) is 1. The molecule has 0 aromatic rings. The second-order valence-electron chi connectivity index (χ2n) is 7.03. The van der Waals surface area contributed by atoms with Crippen molar-refractivity contribution in [3.05, 3.63) is 0 Å². The quantitative estimate of drug-likeness (QED) is 0.406. The Bertz CT molecular complexity index is 422. The maximum absolute atomic E-state index is 11.4. The number of carbonyl (C=O) groups is 2. The molecule has 4 N–H and O–H groups in total. The van der Waals surface area contributed by atoms with Gasteiger partial charge in [-0.3, -0.25) is 10.3 Å². The van der Waals surface area contributed by atoms with Crippen LogP contribution in [0.1, 0.15) is 54.4 Å². The molecule has 23 heavy (non-hydrogen) atoms. The molecule has 0 rings (SSSR count). The van der Waals surface area contributed by atoms with Gasteiger partial charge in [-0.1, -0.05) is 0 Å². The SMILES string of the molecule is CC(C)(C)OC(=O)NCCCCN=C(N)NC(=O)OC(C)(C)C. The number of guanidine groups is 1. The summed E-state index contributed by atoms with van der Waals surface area (Å²) < 4.78 is 10.2. The monoisotopic (exact) mass is 330 g/mol. The van der Waals surface area contributed by atoms with Crippen LogP contribution in [-0.4, -0.2) is 42.4 Å². The lowest BCUT2D eigenvalue weighted by atomic mass is 10.2. The topological polar surface area (TPSA) is 115 Å². The van der Waals surface area contributed by atoms with E-state index in [1.54, 1.807) is 20.8 Å². The fraction of sp³-hybridized carbons (Fsp3) is 0.800. The first-order valence-corrected chi connectivity index (χ1v) is 7.66. The van der Waals surface area contributed by atoms with Crippen LogP contribution in [0.15, 0.2) is 4.99 Å². The van der Waals surface area contributed by atoms with Gasteiger partial charge >= 0.3 is 12.2 Å². The van der Waals surface area contributed by atoms with Crippen molar-refractivity contribution in [2.45, 2.75) is 65.6 Å². The molecular formula is C15H30N4O4. The fourth-order valence-electron chi connectivity index (χ4n) is 1.39. The lowest BCUT2D eigenvalue weighted by Crippen LogP contribution is -2.40. The van der Waals surface area contributed by atoms with Crippen LogP contribution < -0.4 is 16.4 Å². The van der Waals surface area contributed by atoms with Gasteiger partial charge in [0, 0.05) is 13.1 Å². The highest BCUT2D eigenvalue weighted by molar-refractivity contribution is 5.92. The molecule has 0 saturated heterocycles. The molecule has 0 spiro atoms. The van der Waals surface area contributed by atoms with Crippen molar-refractivity contribution in [3.8, 4) is 0 Å². The van der Waals surface area contributed by atoms with Gasteiger partial charge in [-0.15, -0.1) is 0 Å². The third-order valence-electron chi connectivity index (χ3n) is 2.16. The predicted molar refractivity (Wildman–Crippen MR) is 89.3 cm³/mol. The number of hydrogen-bond acceptors (Lipinski definition) is 5. The zero-order chi connectivity index (χ0) is 18.1. The molecule has 8 heteroatoms. The van der Waals surface area contributed by atoms with E-state index in [2.05, 4.69) is 15.6 Å². The number of alkyl carbamates (subject to hydrolysis) is 2. The summed E-state index contributed by atoms with van der Waals surface area (Å²) in [6, 6.07) is 0. The highest BCUT2D eigenvalue weighted by Crippen LogP contribution is 2.07. The number of nitrogens with zero attached hydrogens (tertiary/aromatic N) is 1. The van der Waals surface area contributed by atoms with Gasteiger partial charge in [0.1, 0.15) is 11.2 Å². The van der Waals surface area contributed by atoms with Gasteiger partial charge < -0.3 is 20.5 Å². The smallest absolute Gasteiger partial charge is 0.414 e. The molecule has 8 nitrogen and oxygen atoms in total. The van der Waals surface area contributed by atoms with E-state index in [0.29, 0.717) is 19.5 Å². The fourth-order valence-corrected chi connectivity index (χ4v) is 1.39. The molecule has 134 valence electrons. The molecule has 0 bridgehead atoms. The molecule has 0 aliphatic carbocycles. The first kappa shape index (κ1) is 21.0. The van der Waals surface area contributed by atoms with E-state index >= 15 is 0 Å². The van der Waals surface area contributed by atoms with E-state index in [0.717, 1.165) is 6.42 Å². The van der Waals surface area contributed by atoms with E-state index in [4.69, 9.17) is 15.2 Å². The summed E-state index contributed by atoms with van der Waals surface area (Å²) >= 11 is 0. The number of aliphatic imine (C=N–C) groups is 1. The average Bonchev–Trinajstić information content (AvgIpc) is 2.28. The molecule has 0 saturated carbocycles. The number of ether oxygens (including phenoxy) is 2. The van der Waals surface area contributed by atoms with Crippen LogP contribution in [-0.2, 0) is 9.47 Å². The number of nitrogens with one attached hydrogen (secondary N) is 2. The van der Waals surface area contributed by atoms with Crippen molar-refractivity contribution in [3.63, 3.8) is 0 Å². The summed E-state index contributed by atoms with van der Waals surface area (Å²) in [6.45, 7) is 11.6. The van der Waals surface area contributed by atoms with Crippen molar-refractivity contribution in [2.75, 3.05) is 13.1 Å². The summed E-state index contributed by atoms with van der Waals surface area (Å²) in [5, 5.41) is 5.00. The lowest BCUT2D eigenvalue weighted by Gasteiger charge is -2.19. The number of amides is 2. The largest absolute Gasteiger partial charge is 0.444 e. The third kappa shape index (κ3) is 14.7. The summed E-state index contributed by atoms with van der Waals surface area (Å²) in [5.74, 6) is 0.0133. The molecule has 0 aliphatic rings. The lowest BCUT2D eigenvalue weighted by molar-refractivity contribution is 0.0523. The highest BCUT2D eigenvalue weighted by Gasteiger charge is 2.16. The maximum atomic E-state index is 11.4. The van der Waals surface area contributed by atoms with E-state index in [-0.39, 0.29) is 5.96 Å². The Balaban J connectivity index is 3.81. The summed E-state index contributed by atoms with van der Waals surface area (Å²) in [5.41, 5.74) is 4.48. The first-order chi connectivity index (χ1) is 10.4. The third-order valence-corrected chi connectivity index (χ3v) is 2.16. The van der Waals surface area contributed by atoms with Crippen LogP contribution in [0.4, 0.5) is 9.59 Å². The molecule has 0 aromatic carbocycles.